The van der Waals surface area contributed by atoms with Gasteiger partial charge >= 0.3 is 0 Å². The Morgan fingerprint density at radius 1 is 1.00 bits per heavy atom. The van der Waals surface area contributed by atoms with Gasteiger partial charge in [0.1, 0.15) is 11.6 Å². The molecule has 0 fully saturated rings. The summed E-state index contributed by atoms with van der Waals surface area (Å²) in [6.07, 6.45) is 0.977. The molecule has 0 unspecified atom stereocenters. The van der Waals surface area contributed by atoms with Gasteiger partial charge in [-0.1, -0.05) is 41.7 Å². The average Bonchev–Trinajstić information content (AvgIpc) is 2.42. The van der Waals surface area contributed by atoms with E-state index in [1.54, 1.807) is 18.2 Å². The summed E-state index contributed by atoms with van der Waals surface area (Å²) in [6, 6.07) is 4.93. The van der Waals surface area contributed by atoms with Gasteiger partial charge in [0.05, 0.1) is 20.8 Å². The van der Waals surface area contributed by atoms with Crippen molar-refractivity contribution in [3.05, 3.63) is 33.3 Å². The standard InChI is InChI=1S/C13H14Cl3N5/c1-2-3-18-11-6-12(21-13(17)20-11)19-10-5-8(15)7(14)4-9(10)16/h4-6H,2-3H2,1H3,(H4,17,18,19,20,21). The van der Waals surface area contributed by atoms with Crippen LogP contribution < -0.4 is 16.4 Å². The minimum Gasteiger partial charge on any atom is -0.370 e. The van der Waals surface area contributed by atoms with Gasteiger partial charge in [-0.25, -0.2) is 0 Å². The lowest BCUT2D eigenvalue weighted by Gasteiger charge is -2.11. The lowest BCUT2D eigenvalue weighted by Crippen LogP contribution is -2.07. The Labute approximate surface area is 137 Å². The van der Waals surface area contributed by atoms with E-state index in [2.05, 4.69) is 27.5 Å². The number of nitrogen functional groups attached to an aromatic ring is 1. The van der Waals surface area contributed by atoms with E-state index < -0.39 is 0 Å². The third kappa shape index (κ3) is 4.27. The largest absolute Gasteiger partial charge is 0.370 e. The number of hydrogen-bond acceptors (Lipinski definition) is 5. The Kier molecular flexibility index (Phi) is 5.33. The summed E-state index contributed by atoms with van der Waals surface area (Å²) in [5.41, 5.74) is 6.28. The maximum Gasteiger partial charge on any atom is 0.223 e. The van der Waals surface area contributed by atoms with Gasteiger partial charge < -0.3 is 16.4 Å². The van der Waals surface area contributed by atoms with Crippen molar-refractivity contribution in [1.82, 2.24) is 9.97 Å². The number of hydrogen-bond donors (Lipinski definition) is 3. The number of benzene rings is 1. The topological polar surface area (TPSA) is 75.9 Å². The lowest BCUT2D eigenvalue weighted by molar-refractivity contribution is 0.967. The van der Waals surface area contributed by atoms with Crippen LogP contribution in [0.1, 0.15) is 13.3 Å². The first kappa shape index (κ1) is 15.9. The van der Waals surface area contributed by atoms with Crippen molar-refractivity contribution in [2.75, 3.05) is 22.9 Å². The molecule has 1 aromatic carbocycles. The Balaban J connectivity index is 2.27. The summed E-state index contributed by atoms with van der Waals surface area (Å²) >= 11 is 18.0. The fraction of sp³-hybridized carbons (Fsp3) is 0.231. The zero-order chi connectivity index (χ0) is 15.4. The number of rotatable bonds is 5. The molecule has 21 heavy (non-hydrogen) atoms. The van der Waals surface area contributed by atoms with Crippen LogP contribution in [0.4, 0.5) is 23.3 Å². The molecule has 1 aromatic heterocycles. The second-order valence-electron chi connectivity index (χ2n) is 4.29. The molecule has 0 aliphatic heterocycles. The fourth-order valence-corrected chi connectivity index (χ4v) is 2.22. The fourth-order valence-electron chi connectivity index (χ4n) is 1.63. The Morgan fingerprint density at radius 2 is 1.67 bits per heavy atom. The summed E-state index contributed by atoms with van der Waals surface area (Å²) in [4.78, 5) is 8.21. The molecule has 2 aromatic rings. The van der Waals surface area contributed by atoms with Gasteiger partial charge in [-0.2, -0.15) is 9.97 Å². The lowest BCUT2D eigenvalue weighted by atomic mass is 10.3. The molecule has 0 aliphatic rings. The molecule has 4 N–H and O–H groups in total. The maximum absolute atomic E-state index is 6.12. The molecule has 5 nitrogen and oxygen atoms in total. The maximum atomic E-state index is 6.12. The van der Waals surface area contributed by atoms with Crippen molar-refractivity contribution >= 4 is 58.1 Å². The molecule has 0 radical (unpaired) electrons. The second-order valence-corrected chi connectivity index (χ2v) is 5.52. The number of aromatic nitrogens is 2. The van der Waals surface area contributed by atoms with Crippen LogP contribution in [0.5, 0.6) is 0 Å². The summed E-state index contributed by atoms with van der Waals surface area (Å²) in [6.45, 7) is 2.86. The molecule has 2 rings (SSSR count). The zero-order valence-corrected chi connectivity index (χ0v) is 13.5. The third-order valence-electron chi connectivity index (χ3n) is 2.57. The highest BCUT2D eigenvalue weighted by Crippen LogP contribution is 2.33. The highest BCUT2D eigenvalue weighted by molar-refractivity contribution is 6.44. The summed E-state index contributed by atoms with van der Waals surface area (Å²) in [5, 5.41) is 7.42. The van der Waals surface area contributed by atoms with Crippen molar-refractivity contribution in [1.29, 1.82) is 0 Å². The molecular formula is C13H14Cl3N5. The summed E-state index contributed by atoms with van der Waals surface area (Å²) in [5.74, 6) is 1.32. The van der Waals surface area contributed by atoms with Crippen molar-refractivity contribution < 1.29 is 0 Å². The molecule has 0 saturated carbocycles. The van der Waals surface area contributed by atoms with E-state index in [1.165, 1.54) is 0 Å². The smallest absolute Gasteiger partial charge is 0.223 e. The van der Waals surface area contributed by atoms with E-state index in [0.717, 1.165) is 13.0 Å². The van der Waals surface area contributed by atoms with Crippen LogP contribution in [-0.4, -0.2) is 16.5 Å². The Morgan fingerprint density at radius 3 is 2.38 bits per heavy atom. The molecule has 1 heterocycles. The van der Waals surface area contributed by atoms with Gasteiger partial charge in [-0.05, 0) is 18.6 Å². The molecule has 0 aliphatic carbocycles. The highest BCUT2D eigenvalue weighted by atomic mass is 35.5. The van der Waals surface area contributed by atoms with Crippen LogP contribution in [0.3, 0.4) is 0 Å². The van der Waals surface area contributed by atoms with Crippen molar-refractivity contribution in [2.45, 2.75) is 13.3 Å². The monoisotopic (exact) mass is 345 g/mol. The van der Waals surface area contributed by atoms with Crippen LogP contribution in [0.25, 0.3) is 0 Å². The molecular weight excluding hydrogens is 333 g/mol. The first-order chi connectivity index (χ1) is 9.99. The van der Waals surface area contributed by atoms with E-state index in [1.807, 2.05) is 0 Å². The average molecular weight is 347 g/mol. The van der Waals surface area contributed by atoms with E-state index in [4.69, 9.17) is 40.5 Å². The minimum absolute atomic E-state index is 0.162. The molecule has 0 amide bonds. The number of nitrogens with zero attached hydrogens (tertiary/aromatic N) is 2. The first-order valence-corrected chi connectivity index (χ1v) is 7.43. The zero-order valence-electron chi connectivity index (χ0n) is 11.3. The number of nitrogens with two attached hydrogens (primary N) is 1. The molecule has 0 saturated heterocycles. The number of nitrogens with one attached hydrogen (secondary N) is 2. The van der Waals surface area contributed by atoms with Gasteiger partial charge in [0.2, 0.25) is 5.95 Å². The highest BCUT2D eigenvalue weighted by Gasteiger charge is 2.08. The predicted octanol–water partition coefficient (Wildman–Crippen LogP) is 4.58. The molecule has 112 valence electrons. The van der Waals surface area contributed by atoms with Gasteiger partial charge in [0.25, 0.3) is 0 Å². The van der Waals surface area contributed by atoms with Crippen LogP contribution >= 0.6 is 34.8 Å². The van der Waals surface area contributed by atoms with Crippen molar-refractivity contribution in [3.8, 4) is 0 Å². The second kappa shape index (κ2) is 7.02. The molecule has 0 spiro atoms. The minimum atomic E-state index is 0.162. The first-order valence-electron chi connectivity index (χ1n) is 6.29. The Bertz CT molecular complexity index is 648. The third-order valence-corrected chi connectivity index (χ3v) is 3.61. The van der Waals surface area contributed by atoms with E-state index in [0.29, 0.717) is 32.4 Å². The molecule has 0 bridgehead atoms. The van der Waals surface area contributed by atoms with Crippen LogP contribution in [0.15, 0.2) is 18.2 Å². The van der Waals surface area contributed by atoms with Gasteiger partial charge in [-0.3, -0.25) is 0 Å². The van der Waals surface area contributed by atoms with Gasteiger partial charge in [0, 0.05) is 12.6 Å². The van der Waals surface area contributed by atoms with Crippen LogP contribution in [0.2, 0.25) is 15.1 Å². The van der Waals surface area contributed by atoms with Gasteiger partial charge in [0.15, 0.2) is 0 Å². The number of halogens is 3. The van der Waals surface area contributed by atoms with Crippen molar-refractivity contribution in [2.24, 2.45) is 0 Å². The SMILES string of the molecule is CCCNc1cc(Nc2cc(Cl)c(Cl)cc2Cl)nc(N)n1. The predicted molar refractivity (Wildman–Crippen MR) is 90.0 cm³/mol. The van der Waals surface area contributed by atoms with Crippen LogP contribution in [0, 0.1) is 0 Å². The molecule has 0 atom stereocenters. The van der Waals surface area contributed by atoms with Crippen LogP contribution in [-0.2, 0) is 0 Å². The van der Waals surface area contributed by atoms with E-state index in [9.17, 15) is 0 Å². The van der Waals surface area contributed by atoms with E-state index >= 15 is 0 Å². The summed E-state index contributed by atoms with van der Waals surface area (Å²) < 4.78 is 0. The quantitative estimate of drug-likeness (QED) is 0.691. The normalized spacial score (nSPS) is 10.5. The Hall–Kier alpha value is -1.43. The van der Waals surface area contributed by atoms with Gasteiger partial charge in [-0.15, -0.1) is 0 Å². The number of anilines is 4. The van der Waals surface area contributed by atoms with E-state index in [-0.39, 0.29) is 5.95 Å². The summed E-state index contributed by atoms with van der Waals surface area (Å²) in [7, 11) is 0. The molecule has 8 heteroatoms. The van der Waals surface area contributed by atoms with Crippen molar-refractivity contribution in [3.63, 3.8) is 0 Å².